The number of hydrogen-bond acceptors (Lipinski definition) is 7. The lowest BCUT2D eigenvalue weighted by atomic mass is 10.1. The number of ether oxygens (including phenoxy) is 1. The van der Waals surface area contributed by atoms with Gasteiger partial charge in [0.25, 0.3) is 5.91 Å². The van der Waals surface area contributed by atoms with E-state index in [1.807, 2.05) is 6.07 Å². The molecule has 0 aliphatic rings. The van der Waals surface area contributed by atoms with Crippen LogP contribution in [-0.4, -0.2) is 27.3 Å². The Morgan fingerprint density at radius 1 is 1.05 bits per heavy atom. The number of nitrogens with one attached hydrogen (secondary N) is 2. The van der Waals surface area contributed by atoms with Crippen molar-refractivity contribution in [3.8, 4) is 17.6 Å². The molecule has 196 valence electrons. The normalized spacial score (nSPS) is 11.3. The maximum Gasteiger partial charge on any atom is 0.339 e. The van der Waals surface area contributed by atoms with Gasteiger partial charge < -0.3 is 19.6 Å². The molecule has 0 bridgehead atoms. The van der Waals surface area contributed by atoms with Gasteiger partial charge in [0.05, 0.1) is 27.3 Å². The predicted molar refractivity (Wildman–Crippen MR) is 148 cm³/mol. The summed E-state index contributed by atoms with van der Waals surface area (Å²) in [6.07, 6.45) is 1.27. The number of nitrogens with zero attached hydrogens (tertiary/aromatic N) is 1. The molecule has 0 saturated carbocycles. The zero-order valence-electron chi connectivity index (χ0n) is 19.7. The number of carbonyl (C=O) groups excluding carboxylic acids is 2. The first-order valence-electron chi connectivity index (χ1n) is 10.5. The Morgan fingerprint density at radius 2 is 1.68 bits per heavy atom. The van der Waals surface area contributed by atoms with Crippen molar-refractivity contribution in [2.45, 2.75) is 11.8 Å². The number of nitriles is 1. The number of hydrogen-bond donors (Lipinski definition) is 2. The third-order valence-corrected chi connectivity index (χ3v) is 7.24. The van der Waals surface area contributed by atoms with E-state index in [-0.39, 0.29) is 48.1 Å². The fourth-order valence-electron chi connectivity index (χ4n) is 3.08. The molecule has 3 rings (SSSR count). The molecule has 38 heavy (non-hydrogen) atoms. The number of anilines is 2. The van der Waals surface area contributed by atoms with Gasteiger partial charge in [0.2, 0.25) is 5.91 Å². The van der Waals surface area contributed by atoms with Gasteiger partial charge in [0, 0.05) is 12.6 Å². The van der Waals surface area contributed by atoms with Crippen LogP contribution >= 0.6 is 39.1 Å². The zero-order valence-corrected chi connectivity index (χ0v) is 23.6. The number of halogens is 3. The maximum atomic E-state index is 12.9. The Labute approximate surface area is 237 Å². The molecule has 3 aromatic carbocycles. The van der Waals surface area contributed by atoms with Crippen molar-refractivity contribution < 1.29 is 26.9 Å². The molecule has 0 aliphatic heterocycles. The minimum absolute atomic E-state index is 0.0101. The molecule has 3 aromatic rings. The summed E-state index contributed by atoms with van der Waals surface area (Å²) in [6.45, 7) is 1.33. The van der Waals surface area contributed by atoms with E-state index in [0.717, 1.165) is 0 Å². The van der Waals surface area contributed by atoms with Gasteiger partial charge in [0.15, 0.2) is 11.5 Å². The van der Waals surface area contributed by atoms with Crippen LogP contribution in [0.5, 0.6) is 11.5 Å². The van der Waals surface area contributed by atoms with Crippen LogP contribution in [0, 0.1) is 11.3 Å². The molecule has 2 amide bonds. The Bertz CT molecular complexity index is 1570. The monoisotopic (exact) mass is 637 g/mol. The lowest BCUT2D eigenvalue weighted by Crippen LogP contribution is -2.14. The quantitative estimate of drug-likeness (QED) is 0.175. The first-order valence-corrected chi connectivity index (χ1v) is 13.5. The Balaban J connectivity index is 1.90. The Morgan fingerprint density at radius 3 is 2.24 bits per heavy atom. The number of methoxy groups -OCH3 is 1. The highest BCUT2D eigenvalue weighted by atomic mass is 79.9. The van der Waals surface area contributed by atoms with E-state index in [9.17, 15) is 23.3 Å². The highest BCUT2D eigenvalue weighted by Crippen LogP contribution is 2.39. The van der Waals surface area contributed by atoms with Crippen molar-refractivity contribution in [2.24, 2.45) is 0 Å². The molecule has 9 nitrogen and oxygen atoms in total. The highest BCUT2D eigenvalue weighted by Gasteiger charge is 2.22. The van der Waals surface area contributed by atoms with Crippen LogP contribution in [0.3, 0.4) is 0 Å². The minimum atomic E-state index is -4.29. The van der Waals surface area contributed by atoms with E-state index in [1.54, 1.807) is 6.07 Å². The van der Waals surface area contributed by atoms with Gasteiger partial charge >= 0.3 is 10.1 Å². The van der Waals surface area contributed by atoms with Gasteiger partial charge in [-0.1, -0.05) is 29.3 Å². The second-order valence-electron chi connectivity index (χ2n) is 7.50. The van der Waals surface area contributed by atoms with Crippen molar-refractivity contribution in [1.82, 2.24) is 0 Å². The molecule has 0 atom stereocenters. The van der Waals surface area contributed by atoms with Crippen molar-refractivity contribution >= 4 is 78.5 Å². The topological polar surface area (TPSA) is 135 Å². The van der Waals surface area contributed by atoms with E-state index in [0.29, 0.717) is 11.3 Å². The number of para-hydroxylation sites is 1. The van der Waals surface area contributed by atoms with Gasteiger partial charge in [-0.2, -0.15) is 13.7 Å². The summed E-state index contributed by atoms with van der Waals surface area (Å²) in [5.74, 6) is -1.20. The smallest absolute Gasteiger partial charge is 0.339 e. The molecule has 2 N–H and O–H groups in total. The molecule has 0 unspecified atom stereocenters. The number of rotatable bonds is 8. The highest BCUT2D eigenvalue weighted by molar-refractivity contribution is 9.10. The third kappa shape index (κ3) is 7.05. The van der Waals surface area contributed by atoms with Gasteiger partial charge in [-0.15, -0.1) is 0 Å². The lowest BCUT2D eigenvalue weighted by molar-refractivity contribution is -0.114. The van der Waals surface area contributed by atoms with E-state index < -0.39 is 16.0 Å². The fourth-order valence-corrected chi connectivity index (χ4v) is 5.18. The van der Waals surface area contributed by atoms with Gasteiger partial charge in [-0.3, -0.25) is 9.59 Å². The molecule has 0 saturated heterocycles. The third-order valence-electron chi connectivity index (χ3n) is 4.79. The molecule has 0 aromatic heterocycles. The summed E-state index contributed by atoms with van der Waals surface area (Å²) in [7, 11) is -2.99. The number of benzene rings is 3. The standard InChI is InChI=1S/C25H18BrCl2N3O6S/c1-14(32)30-17-6-8-18(9-7-17)38(34,35)37-24-19(26)11-15(12-22(24)36-2)10-16(13-29)25(33)31-23-20(27)4-3-5-21(23)28/h3-12H,1-2H3,(H,30,32)(H,31,33)/b16-10+. The molecule has 13 heteroatoms. The van der Waals surface area contributed by atoms with Gasteiger partial charge in [-0.05, 0) is 76.1 Å². The molecule has 0 aliphatic carbocycles. The molecule has 0 fully saturated rings. The SMILES string of the molecule is COc1cc(/C=C(\C#N)C(=O)Nc2c(Cl)cccc2Cl)cc(Br)c1OS(=O)(=O)c1ccc(NC(C)=O)cc1. The number of carbonyl (C=O) groups is 2. The average Bonchev–Trinajstić information content (AvgIpc) is 2.86. The molecule has 0 radical (unpaired) electrons. The minimum Gasteiger partial charge on any atom is -0.493 e. The Hall–Kier alpha value is -3.56. The van der Waals surface area contributed by atoms with Crippen LogP contribution < -0.4 is 19.6 Å². The summed E-state index contributed by atoms with van der Waals surface area (Å²) in [4.78, 5) is 23.7. The average molecular weight is 639 g/mol. The van der Waals surface area contributed by atoms with Crippen LogP contribution in [-0.2, 0) is 19.7 Å². The van der Waals surface area contributed by atoms with Crippen LogP contribution in [0.1, 0.15) is 12.5 Å². The van der Waals surface area contributed by atoms with E-state index in [2.05, 4.69) is 26.6 Å². The van der Waals surface area contributed by atoms with Gasteiger partial charge in [-0.25, -0.2) is 0 Å². The second kappa shape index (κ2) is 12.3. The van der Waals surface area contributed by atoms with Crippen molar-refractivity contribution in [1.29, 1.82) is 5.26 Å². The summed E-state index contributed by atoms with van der Waals surface area (Å²) < 4.78 is 36.5. The summed E-state index contributed by atoms with van der Waals surface area (Å²) in [6, 6.07) is 14.7. The summed E-state index contributed by atoms with van der Waals surface area (Å²) in [5.41, 5.74) is 0.617. The van der Waals surface area contributed by atoms with Crippen molar-refractivity contribution in [3.63, 3.8) is 0 Å². The second-order valence-corrected chi connectivity index (χ2v) is 10.7. The lowest BCUT2D eigenvalue weighted by Gasteiger charge is -2.14. The van der Waals surface area contributed by atoms with E-state index >= 15 is 0 Å². The van der Waals surface area contributed by atoms with Crippen molar-refractivity contribution in [3.05, 3.63) is 80.3 Å². The first-order chi connectivity index (χ1) is 17.9. The summed E-state index contributed by atoms with van der Waals surface area (Å²) >= 11 is 15.4. The van der Waals surface area contributed by atoms with Gasteiger partial charge in [0.1, 0.15) is 16.5 Å². The number of amides is 2. The Kier molecular flexibility index (Phi) is 9.40. The van der Waals surface area contributed by atoms with E-state index in [1.165, 1.54) is 68.6 Å². The van der Waals surface area contributed by atoms with Crippen LogP contribution in [0.2, 0.25) is 10.0 Å². The van der Waals surface area contributed by atoms with Crippen LogP contribution in [0.15, 0.2) is 69.5 Å². The maximum absolute atomic E-state index is 12.9. The fraction of sp³-hybridized carbons (Fsp3) is 0.0800. The first kappa shape index (κ1) is 29.0. The van der Waals surface area contributed by atoms with Crippen LogP contribution in [0.25, 0.3) is 6.08 Å². The molecule has 0 heterocycles. The van der Waals surface area contributed by atoms with Crippen LogP contribution in [0.4, 0.5) is 11.4 Å². The molecular weight excluding hydrogens is 621 g/mol. The summed E-state index contributed by atoms with van der Waals surface area (Å²) in [5, 5.41) is 15.0. The molecular formula is C25H18BrCl2N3O6S. The molecule has 0 spiro atoms. The van der Waals surface area contributed by atoms with E-state index in [4.69, 9.17) is 32.1 Å². The predicted octanol–water partition coefficient (Wildman–Crippen LogP) is 6.04. The van der Waals surface area contributed by atoms with Crippen molar-refractivity contribution in [2.75, 3.05) is 17.7 Å². The largest absolute Gasteiger partial charge is 0.493 e. The zero-order chi connectivity index (χ0) is 28.0.